The first kappa shape index (κ1) is 5.59. The van der Waals surface area contributed by atoms with Gasteiger partial charge < -0.3 is 0 Å². The van der Waals surface area contributed by atoms with Gasteiger partial charge in [0.2, 0.25) is 5.91 Å². The Morgan fingerprint density at radius 3 is 3.20 bits per heavy atom. The molecule has 0 aromatic heterocycles. The molecule has 0 fully saturated rings. The molecule has 2 rings (SSSR count). The van der Waals surface area contributed by atoms with Crippen LogP contribution in [0.4, 0.5) is 0 Å². The minimum Gasteiger partial charge on any atom is -0.273 e. The molecule has 2 aliphatic rings. The van der Waals surface area contributed by atoms with E-state index in [2.05, 4.69) is 4.99 Å². The van der Waals surface area contributed by atoms with Gasteiger partial charge in [-0.15, -0.1) is 0 Å². The van der Waals surface area contributed by atoms with Crippen molar-refractivity contribution in [2.45, 2.75) is 6.42 Å². The first-order chi connectivity index (χ1) is 4.86. The van der Waals surface area contributed by atoms with Crippen LogP contribution in [0.15, 0.2) is 29.3 Å². The van der Waals surface area contributed by atoms with E-state index in [9.17, 15) is 4.79 Å². The lowest BCUT2D eigenvalue weighted by Gasteiger charge is -2.04. The monoisotopic (exact) mass is 133 g/mol. The topological polar surface area (TPSA) is 29.4 Å². The van der Waals surface area contributed by atoms with Gasteiger partial charge >= 0.3 is 0 Å². The van der Waals surface area contributed by atoms with E-state index in [0.717, 1.165) is 5.71 Å². The molecule has 0 spiro atoms. The molecule has 0 saturated carbocycles. The summed E-state index contributed by atoms with van der Waals surface area (Å²) in [6.07, 6.45) is 8.35. The number of hydrogen-bond donors (Lipinski definition) is 0. The third-order valence-electron chi connectivity index (χ3n) is 1.75. The second kappa shape index (κ2) is 1.90. The quantitative estimate of drug-likeness (QED) is 0.486. The number of carbonyl (C=O) groups excluding carboxylic acids is 1. The fourth-order valence-corrected chi connectivity index (χ4v) is 1.25. The highest BCUT2D eigenvalue weighted by atomic mass is 16.1. The zero-order valence-corrected chi connectivity index (χ0v) is 5.45. The van der Waals surface area contributed by atoms with Crippen LogP contribution in [0.3, 0.4) is 0 Å². The zero-order valence-electron chi connectivity index (χ0n) is 5.45. The van der Waals surface area contributed by atoms with Crippen molar-refractivity contribution in [3.63, 3.8) is 0 Å². The van der Waals surface area contributed by atoms with Crippen molar-refractivity contribution in [3.05, 3.63) is 24.3 Å². The van der Waals surface area contributed by atoms with Crippen molar-refractivity contribution >= 4 is 11.6 Å². The predicted molar refractivity (Wildman–Crippen MR) is 38.8 cm³/mol. The molecule has 2 heteroatoms. The van der Waals surface area contributed by atoms with E-state index in [4.69, 9.17) is 0 Å². The number of rotatable bonds is 0. The van der Waals surface area contributed by atoms with Crippen LogP contribution in [-0.4, -0.2) is 11.6 Å². The van der Waals surface area contributed by atoms with Crippen LogP contribution in [0.2, 0.25) is 0 Å². The van der Waals surface area contributed by atoms with Gasteiger partial charge in [-0.05, 0) is 6.08 Å². The highest BCUT2D eigenvalue weighted by Gasteiger charge is 2.23. The van der Waals surface area contributed by atoms with Gasteiger partial charge in [-0.25, -0.2) is 4.99 Å². The van der Waals surface area contributed by atoms with Gasteiger partial charge in [0, 0.05) is 12.3 Å². The highest BCUT2D eigenvalue weighted by Crippen LogP contribution is 2.20. The zero-order chi connectivity index (χ0) is 6.97. The van der Waals surface area contributed by atoms with Crippen LogP contribution >= 0.6 is 0 Å². The summed E-state index contributed by atoms with van der Waals surface area (Å²) in [6.45, 7) is 0. The summed E-state index contributed by atoms with van der Waals surface area (Å²) in [5.41, 5.74) is 0.924. The molecular weight excluding hydrogens is 126 g/mol. The molecule has 2 nitrogen and oxygen atoms in total. The fourth-order valence-electron chi connectivity index (χ4n) is 1.25. The Balaban J connectivity index is 2.37. The largest absolute Gasteiger partial charge is 0.273 e. The van der Waals surface area contributed by atoms with Gasteiger partial charge in [-0.3, -0.25) is 4.79 Å². The molecule has 1 aliphatic carbocycles. The molecule has 1 amide bonds. The molecule has 1 heterocycles. The normalized spacial score (nSPS) is 28.6. The molecule has 50 valence electrons. The van der Waals surface area contributed by atoms with E-state index in [-0.39, 0.29) is 11.8 Å². The molecular formula is C8H7NO. The van der Waals surface area contributed by atoms with Gasteiger partial charge in [-0.2, -0.15) is 0 Å². The summed E-state index contributed by atoms with van der Waals surface area (Å²) in [5, 5.41) is 0. The molecule has 0 saturated heterocycles. The second-order valence-electron chi connectivity index (χ2n) is 2.49. The van der Waals surface area contributed by atoms with E-state index in [1.165, 1.54) is 0 Å². The van der Waals surface area contributed by atoms with Crippen molar-refractivity contribution in [2.24, 2.45) is 10.9 Å². The Morgan fingerprint density at radius 1 is 1.50 bits per heavy atom. The number of hydrogen-bond acceptors (Lipinski definition) is 1. The van der Waals surface area contributed by atoms with Gasteiger partial charge in [0.15, 0.2) is 0 Å². The van der Waals surface area contributed by atoms with Gasteiger partial charge in [0.05, 0.1) is 5.71 Å². The molecule has 1 aliphatic heterocycles. The Morgan fingerprint density at radius 2 is 2.40 bits per heavy atom. The lowest BCUT2D eigenvalue weighted by molar-refractivity contribution is -0.117. The average Bonchev–Trinajstić information content (AvgIpc) is 2.27. The van der Waals surface area contributed by atoms with Crippen LogP contribution < -0.4 is 0 Å². The number of carbonyl (C=O) groups is 1. The molecule has 1 unspecified atom stereocenters. The molecule has 0 aromatic rings. The Kier molecular flexibility index (Phi) is 1.07. The predicted octanol–water partition coefficient (Wildman–Crippen LogP) is 1.10. The van der Waals surface area contributed by atoms with Crippen molar-refractivity contribution in [2.75, 3.05) is 0 Å². The maximum absolute atomic E-state index is 10.8. The third-order valence-corrected chi connectivity index (χ3v) is 1.75. The van der Waals surface area contributed by atoms with E-state index >= 15 is 0 Å². The molecule has 0 radical (unpaired) electrons. The van der Waals surface area contributed by atoms with Crippen molar-refractivity contribution in [3.8, 4) is 0 Å². The van der Waals surface area contributed by atoms with E-state index in [0.29, 0.717) is 6.42 Å². The molecule has 0 bridgehead atoms. The first-order valence-electron chi connectivity index (χ1n) is 3.32. The average molecular weight is 133 g/mol. The van der Waals surface area contributed by atoms with Crippen LogP contribution in [-0.2, 0) is 4.79 Å². The number of amides is 1. The Hall–Kier alpha value is -1.18. The first-order valence-corrected chi connectivity index (χ1v) is 3.32. The molecule has 0 N–H and O–H groups in total. The second-order valence-corrected chi connectivity index (χ2v) is 2.49. The number of aliphatic imine (C=N–C) groups is 1. The fraction of sp³-hybridized carbons (Fsp3) is 0.250. The Bertz CT molecular complexity index is 260. The number of fused-ring (bicyclic) bond motifs is 1. The number of allylic oxidation sites excluding steroid dienone is 4. The number of nitrogens with zero attached hydrogens (tertiary/aromatic N) is 1. The summed E-state index contributed by atoms with van der Waals surface area (Å²) in [5.74, 6) is 0.286. The highest BCUT2D eigenvalue weighted by molar-refractivity contribution is 6.11. The van der Waals surface area contributed by atoms with Gasteiger partial charge in [0.1, 0.15) is 0 Å². The van der Waals surface area contributed by atoms with Crippen molar-refractivity contribution < 1.29 is 4.79 Å². The van der Waals surface area contributed by atoms with Crippen molar-refractivity contribution in [1.29, 1.82) is 0 Å². The van der Waals surface area contributed by atoms with E-state index in [1.807, 2.05) is 24.3 Å². The van der Waals surface area contributed by atoms with Crippen molar-refractivity contribution in [1.82, 2.24) is 0 Å². The van der Waals surface area contributed by atoms with Crippen LogP contribution in [0.5, 0.6) is 0 Å². The van der Waals surface area contributed by atoms with E-state index < -0.39 is 0 Å². The minimum atomic E-state index is 0.0104. The lowest BCUT2D eigenvalue weighted by atomic mass is 9.98. The smallest absolute Gasteiger partial charge is 0.246 e. The van der Waals surface area contributed by atoms with Crippen LogP contribution in [0.25, 0.3) is 0 Å². The Labute approximate surface area is 59.0 Å². The third kappa shape index (κ3) is 0.727. The maximum Gasteiger partial charge on any atom is 0.246 e. The molecule has 0 aromatic carbocycles. The van der Waals surface area contributed by atoms with Gasteiger partial charge in [0.25, 0.3) is 0 Å². The van der Waals surface area contributed by atoms with E-state index in [1.54, 1.807) is 0 Å². The molecule has 1 atom stereocenters. The minimum absolute atomic E-state index is 0.0104. The standard InChI is InChI=1S/C8H7NO/c10-8-5-6-3-1-2-4-7(6)9-8/h1-4,6H,5H2. The summed E-state index contributed by atoms with van der Waals surface area (Å²) in [4.78, 5) is 14.6. The summed E-state index contributed by atoms with van der Waals surface area (Å²) in [6, 6.07) is 0. The summed E-state index contributed by atoms with van der Waals surface area (Å²) in [7, 11) is 0. The maximum atomic E-state index is 10.8. The van der Waals surface area contributed by atoms with Crippen LogP contribution in [0.1, 0.15) is 6.42 Å². The lowest BCUT2D eigenvalue weighted by Crippen LogP contribution is -2.05. The summed E-state index contributed by atoms with van der Waals surface area (Å²) < 4.78 is 0. The van der Waals surface area contributed by atoms with Crippen LogP contribution in [0, 0.1) is 5.92 Å². The van der Waals surface area contributed by atoms with Gasteiger partial charge in [-0.1, -0.05) is 18.2 Å². The molecule has 10 heavy (non-hydrogen) atoms. The SMILES string of the molecule is O=C1CC2C=CC=CC2=N1. The summed E-state index contributed by atoms with van der Waals surface area (Å²) >= 11 is 0.